The Morgan fingerprint density at radius 3 is 2.25 bits per heavy atom. The fourth-order valence-electron chi connectivity index (χ4n) is 5.61. The molecule has 8 nitrogen and oxygen atoms in total. The molecule has 4 rings (SSSR count). The molecule has 1 atom stereocenters. The van der Waals surface area contributed by atoms with Gasteiger partial charge in [-0.05, 0) is 80.6 Å². The number of amides is 2. The van der Waals surface area contributed by atoms with Gasteiger partial charge in [-0.25, -0.2) is 8.42 Å². The van der Waals surface area contributed by atoms with Gasteiger partial charge < -0.3 is 15.0 Å². The standard InChI is InChI=1S/C34H42ClN3O5S/c1-5-31(34(40)36-27-10-7-6-8-11-27)37(22-26-16-18-28(43-4)19-17-26)33(39)23-38(32-13-9-12-30(35)25(32)3)44(41,42)29-20-14-24(2)15-21-29/h9,12-21,27,31H,5-8,10-11,22-23H2,1-4H3,(H,36,40)/t31-/m1/s1. The van der Waals surface area contributed by atoms with Crippen molar-refractivity contribution < 1.29 is 22.7 Å². The van der Waals surface area contributed by atoms with Crippen LogP contribution in [0.15, 0.2) is 71.6 Å². The second kappa shape index (κ2) is 14.9. The number of halogens is 1. The number of carbonyl (C=O) groups is 2. The molecule has 44 heavy (non-hydrogen) atoms. The summed E-state index contributed by atoms with van der Waals surface area (Å²) in [5.41, 5.74) is 2.53. The zero-order chi connectivity index (χ0) is 31.9. The molecule has 0 aliphatic heterocycles. The van der Waals surface area contributed by atoms with Crippen LogP contribution in [0.4, 0.5) is 5.69 Å². The topological polar surface area (TPSA) is 96.0 Å². The van der Waals surface area contributed by atoms with Crippen molar-refractivity contribution in [3.05, 3.63) is 88.4 Å². The van der Waals surface area contributed by atoms with E-state index in [1.54, 1.807) is 56.5 Å². The molecule has 1 aliphatic rings. The maximum atomic E-state index is 14.4. The molecule has 3 aromatic rings. The molecule has 1 N–H and O–H groups in total. The molecule has 0 aromatic heterocycles. The Balaban J connectivity index is 1.73. The summed E-state index contributed by atoms with van der Waals surface area (Å²) in [7, 11) is -2.61. The average Bonchev–Trinajstić information content (AvgIpc) is 3.02. The highest BCUT2D eigenvalue weighted by Crippen LogP contribution is 2.31. The molecule has 0 saturated heterocycles. The lowest BCUT2D eigenvalue weighted by molar-refractivity contribution is -0.140. The highest BCUT2D eigenvalue weighted by Gasteiger charge is 2.35. The van der Waals surface area contributed by atoms with E-state index in [4.69, 9.17) is 16.3 Å². The molecule has 1 aliphatic carbocycles. The van der Waals surface area contributed by atoms with Crippen molar-refractivity contribution in [1.29, 1.82) is 0 Å². The van der Waals surface area contributed by atoms with E-state index in [0.717, 1.165) is 47.5 Å². The smallest absolute Gasteiger partial charge is 0.264 e. The fraction of sp³-hybridized carbons (Fsp3) is 0.412. The minimum atomic E-state index is -4.19. The number of aryl methyl sites for hydroxylation is 1. The van der Waals surface area contributed by atoms with Crippen molar-refractivity contribution >= 4 is 39.1 Å². The Bertz CT molecular complexity index is 1540. The van der Waals surface area contributed by atoms with Crippen molar-refractivity contribution in [2.24, 2.45) is 0 Å². The van der Waals surface area contributed by atoms with E-state index in [0.29, 0.717) is 28.4 Å². The van der Waals surface area contributed by atoms with Crippen LogP contribution in [0.1, 0.15) is 62.1 Å². The number of methoxy groups -OCH3 is 1. The van der Waals surface area contributed by atoms with Crippen LogP contribution in [0.2, 0.25) is 5.02 Å². The van der Waals surface area contributed by atoms with Crippen molar-refractivity contribution in [2.45, 2.75) is 82.8 Å². The SMILES string of the molecule is CC[C@H](C(=O)NC1CCCCC1)N(Cc1ccc(OC)cc1)C(=O)CN(c1cccc(Cl)c1C)S(=O)(=O)c1ccc(C)cc1. The number of sulfonamides is 1. The van der Waals surface area contributed by atoms with Crippen molar-refractivity contribution in [2.75, 3.05) is 18.0 Å². The third-order valence-corrected chi connectivity index (χ3v) is 10.4. The zero-order valence-corrected chi connectivity index (χ0v) is 27.5. The molecule has 2 amide bonds. The molecule has 0 bridgehead atoms. The van der Waals surface area contributed by atoms with Crippen LogP contribution in [0, 0.1) is 13.8 Å². The number of carbonyl (C=O) groups excluding carboxylic acids is 2. The second-order valence-corrected chi connectivity index (χ2v) is 13.6. The van der Waals surface area contributed by atoms with Gasteiger partial charge >= 0.3 is 0 Å². The van der Waals surface area contributed by atoms with Gasteiger partial charge in [-0.3, -0.25) is 13.9 Å². The second-order valence-electron chi connectivity index (χ2n) is 11.3. The number of ether oxygens (including phenoxy) is 1. The number of benzene rings is 3. The maximum absolute atomic E-state index is 14.4. The molecule has 0 spiro atoms. The molecule has 0 heterocycles. The molecule has 0 radical (unpaired) electrons. The van der Waals surface area contributed by atoms with Gasteiger partial charge in [0, 0.05) is 17.6 Å². The van der Waals surface area contributed by atoms with Gasteiger partial charge in [0.1, 0.15) is 18.3 Å². The quantitative estimate of drug-likeness (QED) is 0.247. The Labute approximate surface area is 266 Å². The van der Waals surface area contributed by atoms with Gasteiger partial charge in [0.25, 0.3) is 10.0 Å². The first-order valence-corrected chi connectivity index (χ1v) is 16.9. The van der Waals surface area contributed by atoms with Gasteiger partial charge in [0.05, 0.1) is 17.7 Å². The molecule has 10 heteroatoms. The van der Waals surface area contributed by atoms with E-state index in [1.165, 1.54) is 17.0 Å². The number of rotatable bonds is 12. The van der Waals surface area contributed by atoms with E-state index < -0.39 is 28.5 Å². The van der Waals surface area contributed by atoms with E-state index >= 15 is 0 Å². The van der Waals surface area contributed by atoms with Crippen LogP contribution >= 0.6 is 11.6 Å². The van der Waals surface area contributed by atoms with Crippen molar-refractivity contribution in [3.8, 4) is 5.75 Å². The highest BCUT2D eigenvalue weighted by molar-refractivity contribution is 7.92. The summed E-state index contributed by atoms with van der Waals surface area (Å²) in [5, 5.41) is 3.55. The predicted molar refractivity (Wildman–Crippen MR) is 175 cm³/mol. The maximum Gasteiger partial charge on any atom is 0.264 e. The fourth-order valence-corrected chi connectivity index (χ4v) is 7.25. The Morgan fingerprint density at radius 2 is 1.64 bits per heavy atom. The molecule has 1 saturated carbocycles. The molecular weight excluding hydrogens is 598 g/mol. The van der Waals surface area contributed by atoms with Gasteiger partial charge in [0.15, 0.2) is 0 Å². The summed E-state index contributed by atoms with van der Waals surface area (Å²) < 4.78 is 34.7. The van der Waals surface area contributed by atoms with Crippen LogP contribution in [-0.2, 0) is 26.2 Å². The van der Waals surface area contributed by atoms with Crippen LogP contribution in [0.3, 0.4) is 0 Å². The van der Waals surface area contributed by atoms with Crippen LogP contribution in [0.25, 0.3) is 0 Å². The highest BCUT2D eigenvalue weighted by atomic mass is 35.5. The molecule has 0 unspecified atom stereocenters. The van der Waals surface area contributed by atoms with E-state index in [2.05, 4.69) is 5.32 Å². The van der Waals surface area contributed by atoms with Gasteiger partial charge in [-0.15, -0.1) is 0 Å². The lowest BCUT2D eigenvalue weighted by Gasteiger charge is -2.35. The number of nitrogens with zero attached hydrogens (tertiary/aromatic N) is 2. The summed E-state index contributed by atoms with van der Waals surface area (Å²) >= 11 is 6.43. The van der Waals surface area contributed by atoms with E-state index in [-0.39, 0.29) is 23.4 Å². The van der Waals surface area contributed by atoms with Crippen LogP contribution in [0.5, 0.6) is 5.75 Å². The first kappa shape index (κ1) is 33.3. The lowest BCUT2D eigenvalue weighted by Crippen LogP contribution is -2.54. The van der Waals surface area contributed by atoms with Crippen molar-refractivity contribution in [1.82, 2.24) is 10.2 Å². The number of hydrogen-bond donors (Lipinski definition) is 1. The summed E-state index contributed by atoms with van der Waals surface area (Å²) in [5.74, 6) is -0.0600. The average molecular weight is 640 g/mol. The Kier molecular flexibility index (Phi) is 11.3. The Morgan fingerprint density at radius 1 is 0.977 bits per heavy atom. The van der Waals surface area contributed by atoms with Crippen molar-refractivity contribution in [3.63, 3.8) is 0 Å². The normalized spacial score (nSPS) is 14.5. The first-order chi connectivity index (χ1) is 21.0. The van der Waals surface area contributed by atoms with E-state index in [9.17, 15) is 18.0 Å². The third kappa shape index (κ3) is 7.93. The minimum absolute atomic E-state index is 0.0547. The Hall–Kier alpha value is -3.56. The molecule has 3 aromatic carbocycles. The molecule has 1 fully saturated rings. The zero-order valence-electron chi connectivity index (χ0n) is 25.9. The summed E-state index contributed by atoms with van der Waals surface area (Å²) in [6.45, 7) is 5.06. The first-order valence-electron chi connectivity index (χ1n) is 15.1. The number of hydrogen-bond acceptors (Lipinski definition) is 5. The number of nitrogens with one attached hydrogen (secondary N) is 1. The van der Waals surface area contributed by atoms with Gasteiger partial charge in [-0.2, -0.15) is 0 Å². The lowest BCUT2D eigenvalue weighted by atomic mass is 9.95. The summed E-state index contributed by atoms with van der Waals surface area (Å²) in [6, 6.07) is 18.0. The van der Waals surface area contributed by atoms with Gasteiger partial charge in [0.2, 0.25) is 11.8 Å². The summed E-state index contributed by atoms with van der Waals surface area (Å²) in [4.78, 5) is 29.6. The van der Waals surface area contributed by atoms with E-state index in [1.807, 2.05) is 26.0 Å². The summed E-state index contributed by atoms with van der Waals surface area (Å²) in [6.07, 6.45) is 5.44. The molecule has 236 valence electrons. The molecular formula is C34H42ClN3O5S. The monoisotopic (exact) mass is 639 g/mol. The minimum Gasteiger partial charge on any atom is -0.497 e. The van der Waals surface area contributed by atoms with Gasteiger partial charge in [-0.1, -0.05) is 73.7 Å². The van der Waals surface area contributed by atoms with Crippen LogP contribution < -0.4 is 14.4 Å². The predicted octanol–water partition coefficient (Wildman–Crippen LogP) is 6.42. The van der Waals surface area contributed by atoms with Crippen LogP contribution in [-0.4, -0.2) is 50.9 Å². The largest absolute Gasteiger partial charge is 0.497 e. The third-order valence-electron chi connectivity index (χ3n) is 8.25. The number of anilines is 1.